The number of carbonyl (C=O) groups is 1. The van der Waals surface area contributed by atoms with E-state index in [1.165, 1.54) is 12.1 Å². The Kier molecular flexibility index (Phi) is 6.32. The van der Waals surface area contributed by atoms with E-state index in [1.54, 1.807) is 12.1 Å². The number of aliphatic hydroxyl groups excluding tert-OH is 1. The largest absolute Gasteiger partial charge is 0.396 e. The van der Waals surface area contributed by atoms with Gasteiger partial charge in [0.05, 0.1) is 12.2 Å². The van der Waals surface area contributed by atoms with Crippen LogP contribution in [0.5, 0.6) is 0 Å². The van der Waals surface area contributed by atoms with Crippen LogP contribution >= 0.6 is 0 Å². The van der Waals surface area contributed by atoms with E-state index in [0.717, 1.165) is 6.42 Å². The van der Waals surface area contributed by atoms with E-state index in [4.69, 9.17) is 5.11 Å². The van der Waals surface area contributed by atoms with Crippen LogP contribution in [0.25, 0.3) is 0 Å². The molecule has 0 saturated carbocycles. The minimum Gasteiger partial charge on any atom is -0.396 e. The topological polar surface area (TPSA) is 61.4 Å². The number of rotatable bonds is 7. The van der Waals surface area contributed by atoms with Crippen molar-refractivity contribution in [1.82, 2.24) is 5.32 Å². The molecule has 1 amide bonds. The summed E-state index contributed by atoms with van der Waals surface area (Å²) in [7, 11) is 0. The van der Waals surface area contributed by atoms with Gasteiger partial charge in [-0.25, -0.2) is 4.39 Å². The molecule has 1 aromatic rings. The number of nitrogens with one attached hydrogen (secondary N) is 2. The maximum atomic E-state index is 13.3. The number of aliphatic hydroxyl groups is 1. The van der Waals surface area contributed by atoms with Gasteiger partial charge < -0.3 is 15.7 Å². The molecule has 0 aliphatic carbocycles. The number of para-hydroxylation sites is 1. The number of carbonyl (C=O) groups excluding carboxylic acids is 1. The van der Waals surface area contributed by atoms with Crippen molar-refractivity contribution in [3.63, 3.8) is 0 Å². The molecule has 1 aromatic carbocycles. The van der Waals surface area contributed by atoms with Crippen LogP contribution in [0.2, 0.25) is 0 Å². The second-order valence-corrected chi connectivity index (χ2v) is 4.03. The minimum absolute atomic E-state index is 0.0838. The smallest absolute Gasteiger partial charge is 0.238 e. The fourth-order valence-corrected chi connectivity index (χ4v) is 1.60. The summed E-state index contributed by atoms with van der Waals surface area (Å²) in [5, 5.41) is 14.3. The molecule has 18 heavy (non-hydrogen) atoms. The van der Waals surface area contributed by atoms with Gasteiger partial charge in [0.15, 0.2) is 0 Å². The summed E-state index contributed by atoms with van der Waals surface area (Å²) in [6.45, 7) is 2.16. The van der Waals surface area contributed by atoms with E-state index in [9.17, 15) is 9.18 Å². The van der Waals surface area contributed by atoms with Crippen molar-refractivity contribution in [2.24, 2.45) is 0 Å². The Bertz CT molecular complexity index is 385. The fourth-order valence-electron chi connectivity index (χ4n) is 1.60. The molecule has 100 valence electrons. The Balaban J connectivity index is 2.40. The number of halogens is 1. The standard InChI is InChI=1S/C13H19FN2O2/c1-2-10(7-8-17)15-9-13(18)16-12-6-4-3-5-11(12)14/h3-6,10,15,17H,2,7-9H2,1H3,(H,16,18). The summed E-state index contributed by atoms with van der Waals surface area (Å²) in [4.78, 5) is 11.6. The lowest BCUT2D eigenvalue weighted by molar-refractivity contribution is -0.115. The predicted octanol–water partition coefficient (Wildman–Crippen LogP) is 1.51. The van der Waals surface area contributed by atoms with Crippen LogP contribution in [0, 0.1) is 5.82 Å². The Labute approximate surface area is 106 Å². The first-order valence-electron chi connectivity index (χ1n) is 6.06. The Morgan fingerprint density at radius 3 is 2.78 bits per heavy atom. The first-order chi connectivity index (χ1) is 8.67. The van der Waals surface area contributed by atoms with E-state index in [1.807, 2.05) is 6.92 Å². The zero-order valence-electron chi connectivity index (χ0n) is 10.4. The molecule has 0 aliphatic rings. The van der Waals surface area contributed by atoms with Crippen molar-refractivity contribution < 1.29 is 14.3 Å². The number of hydrogen-bond acceptors (Lipinski definition) is 3. The average Bonchev–Trinajstić information content (AvgIpc) is 2.37. The molecule has 0 spiro atoms. The molecule has 0 saturated heterocycles. The van der Waals surface area contributed by atoms with Crippen molar-refractivity contribution in [1.29, 1.82) is 0 Å². The zero-order valence-corrected chi connectivity index (χ0v) is 10.4. The third-order valence-corrected chi connectivity index (χ3v) is 2.67. The third-order valence-electron chi connectivity index (χ3n) is 2.67. The molecule has 0 fully saturated rings. The van der Waals surface area contributed by atoms with Crippen molar-refractivity contribution >= 4 is 11.6 Å². The molecule has 4 nitrogen and oxygen atoms in total. The second kappa shape index (κ2) is 7.79. The minimum atomic E-state index is -0.451. The van der Waals surface area contributed by atoms with Crippen molar-refractivity contribution in [2.75, 3.05) is 18.5 Å². The summed E-state index contributed by atoms with van der Waals surface area (Å²) in [6, 6.07) is 6.13. The summed E-state index contributed by atoms with van der Waals surface area (Å²) < 4.78 is 13.3. The predicted molar refractivity (Wildman–Crippen MR) is 68.8 cm³/mol. The molecule has 1 unspecified atom stereocenters. The molecule has 0 heterocycles. The molecular formula is C13H19FN2O2. The van der Waals surface area contributed by atoms with Gasteiger partial charge in [-0.1, -0.05) is 19.1 Å². The van der Waals surface area contributed by atoms with Gasteiger partial charge in [-0.3, -0.25) is 4.79 Å². The van der Waals surface area contributed by atoms with Gasteiger partial charge in [0, 0.05) is 12.6 Å². The molecule has 0 radical (unpaired) electrons. The zero-order chi connectivity index (χ0) is 13.4. The lowest BCUT2D eigenvalue weighted by Gasteiger charge is -2.15. The summed E-state index contributed by atoms with van der Waals surface area (Å²) in [6.07, 6.45) is 1.43. The van der Waals surface area contributed by atoms with Crippen molar-refractivity contribution in [2.45, 2.75) is 25.8 Å². The molecule has 0 aromatic heterocycles. The highest BCUT2D eigenvalue weighted by molar-refractivity contribution is 5.92. The fraction of sp³-hybridized carbons (Fsp3) is 0.462. The van der Waals surface area contributed by atoms with E-state index in [0.29, 0.717) is 6.42 Å². The first-order valence-corrected chi connectivity index (χ1v) is 6.06. The normalized spacial score (nSPS) is 12.2. The number of anilines is 1. The van der Waals surface area contributed by atoms with Gasteiger partial charge in [0.25, 0.3) is 0 Å². The van der Waals surface area contributed by atoms with Crippen LogP contribution in [0.4, 0.5) is 10.1 Å². The van der Waals surface area contributed by atoms with Crippen LogP contribution in [0.3, 0.4) is 0 Å². The molecular weight excluding hydrogens is 235 g/mol. The average molecular weight is 254 g/mol. The van der Waals surface area contributed by atoms with Gasteiger partial charge in [-0.05, 0) is 25.0 Å². The van der Waals surface area contributed by atoms with Gasteiger partial charge in [-0.15, -0.1) is 0 Å². The second-order valence-electron chi connectivity index (χ2n) is 4.03. The summed E-state index contributed by atoms with van der Waals surface area (Å²) in [5.74, 6) is -0.746. The van der Waals surface area contributed by atoms with E-state index in [2.05, 4.69) is 10.6 Å². The highest BCUT2D eigenvalue weighted by Crippen LogP contribution is 2.11. The Morgan fingerprint density at radius 1 is 1.44 bits per heavy atom. The Hall–Kier alpha value is -1.46. The van der Waals surface area contributed by atoms with Gasteiger partial charge in [0.1, 0.15) is 5.82 Å². The maximum Gasteiger partial charge on any atom is 0.238 e. The number of amides is 1. The number of benzene rings is 1. The summed E-state index contributed by atoms with van der Waals surface area (Å²) in [5.41, 5.74) is 0.180. The monoisotopic (exact) mass is 254 g/mol. The Morgan fingerprint density at radius 2 is 2.17 bits per heavy atom. The molecule has 1 atom stereocenters. The molecule has 5 heteroatoms. The van der Waals surface area contributed by atoms with Crippen LogP contribution in [-0.2, 0) is 4.79 Å². The summed E-state index contributed by atoms with van der Waals surface area (Å²) >= 11 is 0. The molecule has 1 rings (SSSR count). The van der Waals surface area contributed by atoms with Crippen LogP contribution in [0.1, 0.15) is 19.8 Å². The maximum absolute atomic E-state index is 13.3. The van der Waals surface area contributed by atoms with Crippen molar-refractivity contribution in [3.05, 3.63) is 30.1 Å². The van der Waals surface area contributed by atoms with E-state index >= 15 is 0 Å². The third kappa shape index (κ3) is 4.81. The quantitative estimate of drug-likeness (QED) is 0.691. The van der Waals surface area contributed by atoms with Gasteiger partial charge in [-0.2, -0.15) is 0 Å². The molecule has 3 N–H and O–H groups in total. The molecule has 0 bridgehead atoms. The van der Waals surface area contributed by atoms with E-state index in [-0.39, 0.29) is 30.8 Å². The first kappa shape index (κ1) is 14.6. The van der Waals surface area contributed by atoms with Crippen LogP contribution < -0.4 is 10.6 Å². The van der Waals surface area contributed by atoms with E-state index < -0.39 is 5.82 Å². The lowest BCUT2D eigenvalue weighted by Crippen LogP contribution is -2.36. The molecule has 0 aliphatic heterocycles. The van der Waals surface area contributed by atoms with Gasteiger partial charge in [0.2, 0.25) is 5.91 Å². The lowest BCUT2D eigenvalue weighted by atomic mass is 10.1. The van der Waals surface area contributed by atoms with Crippen molar-refractivity contribution in [3.8, 4) is 0 Å². The highest BCUT2D eigenvalue weighted by atomic mass is 19.1. The van der Waals surface area contributed by atoms with Crippen LogP contribution in [0.15, 0.2) is 24.3 Å². The highest BCUT2D eigenvalue weighted by Gasteiger charge is 2.09. The van der Waals surface area contributed by atoms with Gasteiger partial charge >= 0.3 is 0 Å². The number of hydrogen-bond donors (Lipinski definition) is 3. The van der Waals surface area contributed by atoms with Crippen LogP contribution in [-0.4, -0.2) is 30.2 Å². The SMILES string of the molecule is CCC(CCO)NCC(=O)Nc1ccccc1F.